The van der Waals surface area contributed by atoms with Crippen molar-refractivity contribution in [1.29, 1.82) is 0 Å². The first-order valence-corrected chi connectivity index (χ1v) is 6.84. The highest BCUT2D eigenvalue weighted by atomic mass is 16.9. The zero-order valence-corrected chi connectivity index (χ0v) is 13.5. The molecule has 2 atom stereocenters. The van der Waals surface area contributed by atoms with Gasteiger partial charge in [-0.05, 0) is 0 Å². The number of carbonyl (C=O) groups excluding carboxylic acids is 4. The predicted octanol–water partition coefficient (Wildman–Crippen LogP) is -2.41. The molecule has 0 amide bonds. The van der Waals surface area contributed by atoms with E-state index in [0.29, 0.717) is 12.2 Å². The molecule has 2 unspecified atom stereocenters. The van der Waals surface area contributed by atoms with Gasteiger partial charge in [0.15, 0.2) is 0 Å². The summed E-state index contributed by atoms with van der Waals surface area (Å²) in [6.07, 6.45) is -0.258. The van der Waals surface area contributed by atoms with E-state index in [9.17, 15) is 29.4 Å². The van der Waals surface area contributed by atoms with Gasteiger partial charge >= 0.3 is 35.8 Å². The molecule has 0 aromatic rings. The molecule has 0 spiro atoms. The lowest BCUT2D eigenvalue weighted by Gasteiger charge is -2.25. The van der Waals surface area contributed by atoms with E-state index in [0.717, 1.165) is 0 Å². The van der Waals surface area contributed by atoms with Crippen LogP contribution in [0.2, 0.25) is 0 Å². The maximum Gasteiger partial charge on any atom is 0.398 e. The second-order valence-corrected chi connectivity index (χ2v) is 4.44. The van der Waals surface area contributed by atoms with Crippen molar-refractivity contribution in [3.63, 3.8) is 0 Å². The van der Waals surface area contributed by atoms with Crippen LogP contribution in [0.25, 0.3) is 0 Å². The van der Waals surface area contributed by atoms with Crippen LogP contribution in [-0.4, -0.2) is 69.5 Å². The van der Waals surface area contributed by atoms with Gasteiger partial charge in [0.2, 0.25) is 0 Å². The van der Waals surface area contributed by atoms with Crippen LogP contribution < -0.4 is 0 Å². The first-order chi connectivity index (χ1) is 12.0. The molecule has 0 fully saturated rings. The largest absolute Gasteiger partial charge is 0.398 e. The van der Waals surface area contributed by atoms with Crippen molar-refractivity contribution in [2.75, 3.05) is 13.2 Å². The minimum Gasteiger partial charge on any atom is -0.396 e. The van der Waals surface area contributed by atoms with Crippen molar-refractivity contribution in [3.05, 3.63) is 25.3 Å². The second kappa shape index (κ2) is 10.2. The number of ether oxygens (including phenoxy) is 4. The summed E-state index contributed by atoms with van der Waals surface area (Å²) in [6, 6.07) is 0. The van der Waals surface area contributed by atoms with E-state index < -0.39 is 61.9 Å². The van der Waals surface area contributed by atoms with Crippen molar-refractivity contribution in [2.24, 2.45) is 0 Å². The fourth-order valence-electron chi connectivity index (χ4n) is 1.23. The number of carbonyl (C=O) groups is 4. The number of hydrogen-bond acceptors (Lipinski definition) is 12. The summed E-state index contributed by atoms with van der Waals surface area (Å²) in [5, 5.41) is 36.9. The fraction of sp³-hybridized carbons (Fsp3) is 0.429. The van der Waals surface area contributed by atoms with Gasteiger partial charge in [-0.15, -0.1) is 0 Å². The number of aliphatic hydroxyl groups is 4. The summed E-state index contributed by atoms with van der Waals surface area (Å²) in [6.45, 7) is 3.46. The first kappa shape index (κ1) is 23.2. The summed E-state index contributed by atoms with van der Waals surface area (Å²) in [5.74, 6) is -11.0. The standard InChI is InChI=1S/C14H18O12/c1-3-9(17)23-13(21,7-15)25-11(19)5-6-12(20)26-14(22,8-16)24-10(18)4-2/h3-4,15-16,21-22H,1-2,5-8H2. The van der Waals surface area contributed by atoms with Crippen LogP contribution >= 0.6 is 0 Å². The van der Waals surface area contributed by atoms with Gasteiger partial charge in [0.05, 0.1) is 12.8 Å². The molecular formula is C14H18O12. The highest BCUT2D eigenvalue weighted by Crippen LogP contribution is 2.14. The monoisotopic (exact) mass is 378 g/mol. The van der Waals surface area contributed by atoms with Crippen molar-refractivity contribution >= 4 is 23.9 Å². The van der Waals surface area contributed by atoms with Gasteiger partial charge in [-0.3, -0.25) is 9.59 Å². The summed E-state index contributed by atoms with van der Waals surface area (Å²) in [7, 11) is 0. The van der Waals surface area contributed by atoms with Crippen LogP contribution in [0, 0.1) is 0 Å². The Hall–Kier alpha value is -2.80. The van der Waals surface area contributed by atoms with E-state index in [4.69, 9.17) is 10.2 Å². The van der Waals surface area contributed by atoms with Crippen molar-refractivity contribution < 1.29 is 58.6 Å². The van der Waals surface area contributed by atoms with Gasteiger partial charge in [0.25, 0.3) is 0 Å². The summed E-state index contributed by atoms with van der Waals surface area (Å²) < 4.78 is 17.0. The zero-order chi connectivity index (χ0) is 20.4. The third-order valence-corrected chi connectivity index (χ3v) is 2.33. The Balaban J connectivity index is 4.63. The SMILES string of the molecule is C=CC(=O)OC(O)(CO)OC(=O)CCC(=O)OC(O)(CO)OC(=O)C=C. The Morgan fingerprint density at radius 1 is 0.731 bits per heavy atom. The topological polar surface area (TPSA) is 186 Å². The Morgan fingerprint density at radius 3 is 1.27 bits per heavy atom. The van der Waals surface area contributed by atoms with E-state index in [2.05, 4.69) is 32.1 Å². The summed E-state index contributed by atoms with van der Waals surface area (Å²) in [4.78, 5) is 45.0. The van der Waals surface area contributed by atoms with E-state index in [1.54, 1.807) is 0 Å². The maximum atomic E-state index is 11.5. The second-order valence-electron chi connectivity index (χ2n) is 4.44. The molecular weight excluding hydrogens is 360 g/mol. The molecule has 0 saturated heterocycles. The Kier molecular flexibility index (Phi) is 9.15. The molecule has 0 heterocycles. The van der Waals surface area contributed by atoms with Gasteiger partial charge in [0.1, 0.15) is 13.2 Å². The fourth-order valence-corrected chi connectivity index (χ4v) is 1.23. The van der Waals surface area contributed by atoms with E-state index in [-0.39, 0.29) is 0 Å². The number of hydrogen-bond donors (Lipinski definition) is 4. The Morgan fingerprint density at radius 2 is 1.04 bits per heavy atom. The van der Waals surface area contributed by atoms with Crippen molar-refractivity contribution in [2.45, 2.75) is 24.8 Å². The highest BCUT2D eigenvalue weighted by molar-refractivity contribution is 5.82. The number of aliphatic hydroxyl groups excluding tert-OH is 2. The molecule has 0 aliphatic rings. The van der Waals surface area contributed by atoms with Gasteiger partial charge in [-0.2, -0.15) is 0 Å². The molecule has 0 radical (unpaired) electrons. The predicted molar refractivity (Wildman–Crippen MR) is 78.1 cm³/mol. The quantitative estimate of drug-likeness (QED) is 0.170. The van der Waals surface area contributed by atoms with Crippen LogP contribution in [0.1, 0.15) is 12.8 Å². The first-order valence-electron chi connectivity index (χ1n) is 6.84. The normalized spacial score (nSPS) is 14.8. The van der Waals surface area contributed by atoms with Crippen LogP contribution in [0.4, 0.5) is 0 Å². The maximum absolute atomic E-state index is 11.5. The lowest BCUT2D eigenvalue weighted by molar-refractivity contribution is -0.338. The van der Waals surface area contributed by atoms with Gasteiger partial charge in [-0.25, -0.2) is 9.59 Å². The molecule has 4 N–H and O–H groups in total. The van der Waals surface area contributed by atoms with E-state index in [1.807, 2.05) is 0 Å². The van der Waals surface area contributed by atoms with Crippen molar-refractivity contribution in [1.82, 2.24) is 0 Å². The third kappa shape index (κ3) is 8.34. The molecule has 26 heavy (non-hydrogen) atoms. The molecule has 12 nitrogen and oxygen atoms in total. The Labute approximate surface area is 146 Å². The lowest BCUT2D eigenvalue weighted by Crippen LogP contribution is -2.44. The molecule has 0 aliphatic heterocycles. The van der Waals surface area contributed by atoms with Gasteiger partial charge < -0.3 is 39.4 Å². The average Bonchev–Trinajstić information content (AvgIpc) is 2.59. The van der Waals surface area contributed by atoms with E-state index >= 15 is 0 Å². The third-order valence-electron chi connectivity index (χ3n) is 2.33. The summed E-state index contributed by atoms with van der Waals surface area (Å²) >= 11 is 0. The van der Waals surface area contributed by atoms with Crippen LogP contribution in [0.3, 0.4) is 0 Å². The number of esters is 4. The highest BCUT2D eigenvalue weighted by Gasteiger charge is 2.37. The molecule has 0 rings (SSSR count). The summed E-state index contributed by atoms with van der Waals surface area (Å²) in [5.41, 5.74) is 0. The van der Waals surface area contributed by atoms with Crippen molar-refractivity contribution in [3.8, 4) is 0 Å². The molecule has 0 aromatic carbocycles. The van der Waals surface area contributed by atoms with E-state index in [1.165, 1.54) is 0 Å². The van der Waals surface area contributed by atoms with Crippen LogP contribution in [0.15, 0.2) is 25.3 Å². The molecule has 0 bridgehead atoms. The molecule has 0 saturated carbocycles. The minimum atomic E-state index is -2.99. The molecule has 0 aromatic heterocycles. The minimum absolute atomic E-state index is 0.631. The van der Waals surface area contributed by atoms with Gasteiger partial charge in [-0.1, -0.05) is 13.2 Å². The Bertz CT molecular complexity index is 520. The average molecular weight is 378 g/mol. The van der Waals surface area contributed by atoms with Gasteiger partial charge in [0, 0.05) is 12.2 Å². The van der Waals surface area contributed by atoms with Crippen LogP contribution in [0.5, 0.6) is 0 Å². The number of rotatable bonds is 11. The molecule has 12 heteroatoms. The smallest absolute Gasteiger partial charge is 0.396 e. The molecule has 146 valence electrons. The molecule has 0 aliphatic carbocycles. The lowest BCUT2D eigenvalue weighted by atomic mass is 10.3. The zero-order valence-electron chi connectivity index (χ0n) is 13.5. The van der Waals surface area contributed by atoms with Crippen LogP contribution in [-0.2, 0) is 38.1 Å².